The van der Waals surface area contributed by atoms with E-state index in [9.17, 15) is 0 Å². The van der Waals surface area contributed by atoms with Crippen LogP contribution in [-0.4, -0.2) is 12.6 Å². The summed E-state index contributed by atoms with van der Waals surface area (Å²) in [6, 6.07) is 11.4. The van der Waals surface area contributed by atoms with Gasteiger partial charge < -0.3 is 5.32 Å². The number of benzene rings is 1. The van der Waals surface area contributed by atoms with E-state index in [1.54, 1.807) is 0 Å². The SMILES string of the molecule is CC(C)CC(C)NCCCc1ccccc1. The molecule has 0 amide bonds. The monoisotopic (exact) mass is 219 g/mol. The summed E-state index contributed by atoms with van der Waals surface area (Å²) in [6.07, 6.45) is 3.68. The third-order valence-corrected chi connectivity index (χ3v) is 2.80. The lowest BCUT2D eigenvalue weighted by molar-refractivity contribution is 0.439. The molecule has 1 aromatic carbocycles. The zero-order valence-electron chi connectivity index (χ0n) is 10.9. The molecule has 0 saturated carbocycles. The summed E-state index contributed by atoms with van der Waals surface area (Å²) in [7, 11) is 0. The van der Waals surface area contributed by atoms with Crippen LogP contribution in [0, 0.1) is 5.92 Å². The Morgan fingerprint density at radius 2 is 1.75 bits per heavy atom. The fraction of sp³-hybridized carbons (Fsp3) is 0.600. The molecule has 0 aliphatic carbocycles. The zero-order chi connectivity index (χ0) is 11.8. The zero-order valence-corrected chi connectivity index (χ0v) is 10.9. The van der Waals surface area contributed by atoms with E-state index < -0.39 is 0 Å². The van der Waals surface area contributed by atoms with Gasteiger partial charge in [0.05, 0.1) is 0 Å². The van der Waals surface area contributed by atoms with Crippen LogP contribution in [0.25, 0.3) is 0 Å². The van der Waals surface area contributed by atoms with Gasteiger partial charge >= 0.3 is 0 Å². The van der Waals surface area contributed by atoms with Crippen molar-refractivity contribution in [3.63, 3.8) is 0 Å². The summed E-state index contributed by atoms with van der Waals surface area (Å²) < 4.78 is 0. The molecule has 16 heavy (non-hydrogen) atoms. The average Bonchev–Trinajstić information content (AvgIpc) is 2.25. The summed E-state index contributed by atoms with van der Waals surface area (Å²) in [5.74, 6) is 0.789. The minimum Gasteiger partial charge on any atom is -0.314 e. The van der Waals surface area contributed by atoms with E-state index in [4.69, 9.17) is 0 Å². The maximum Gasteiger partial charge on any atom is 0.00411 e. The molecular formula is C15H25N. The third kappa shape index (κ3) is 5.92. The van der Waals surface area contributed by atoms with Crippen LogP contribution in [0.5, 0.6) is 0 Å². The van der Waals surface area contributed by atoms with Crippen molar-refractivity contribution in [2.24, 2.45) is 5.92 Å². The van der Waals surface area contributed by atoms with Gasteiger partial charge in [0, 0.05) is 6.04 Å². The Morgan fingerprint density at radius 3 is 2.38 bits per heavy atom. The molecule has 1 aromatic rings. The molecular weight excluding hydrogens is 194 g/mol. The van der Waals surface area contributed by atoms with E-state index >= 15 is 0 Å². The second-order valence-electron chi connectivity index (χ2n) is 5.07. The van der Waals surface area contributed by atoms with Gasteiger partial charge in [-0.3, -0.25) is 0 Å². The minimum atomic E-state index is 0.649. The fourth-order valence-corrected chi connectivity index (χ4v) is 2.08. The van der Waals surface area contributed by atoms with Gasteiger partial charge in [0.25, 0.3) is 0 Å². The molecule has 1 unspecified atom stereocenters. The fourth-order valence-electron chi connectivity index (χ4n) is 2.08. The number of aryl methyl sites for hydroxylation is 1. The van der Waals surface area contributed by atoms with Gasteiger partial charge in [-0.1, -0.05) is 44.2 Å². The lowest BCUT2D eigenvalue weighted by Gasteiger charge is -2.15. The van der Waals surface area contributed by atoms with E-state index in [0.717, 1.165) is 12.5 Å². The van der Waals surface area contributed by atoms with Gasteiger partial charge in [-0.05, 0) is 44.2 Å². The van der Waals surface area contributed by atoms with Crippen molar-refractivity contribution in [1.29, 1.82) is 0 Å². The molecule has 0 saturated heterocycles. The van der Waals surface area contributed by atoms with Crippen LogP contribution < -0.4 is 5.32 Å². The molecule has 90 valence electrons. The highest BCUT2D eigenvalue weighted by Gasteiger charge is 2.03. The predicted molar refractivity (Wildman–Crippen MR) is 71.7 cm³/mol. The van der Waals surface area contributed by atoms with Crippen LogP contribution in [-0.2, 0) is 6.42 Å². The van der Waals surface area contributed by atoms with Crippen molar-refractivity contribution in [3.05, 3.63) is 35.9 Å². The third-order valence-electron chi connectivity index (χ3n) is 2.80. The van der Waals surface area contributed by atoms with E-state index in [-0.39, 0.29) is 0 Å². The van der Waals surface area contributed by atoms with Crippen molar-refractivity contribution >= 4 is 0 Å². The second-order valence-corrected chi connectivity index (χ2v) is 5.07. The maximum atomic E-state index is 3.58. The molecule has 1 atom stereocenters. The Morgan fingerprint density at radius 1 is 1.06 bits per heavy atom. The molecule has 0 radical (unpaired) electrons. The first-order chi connectivity index (χ1) is 7.68. The van der Waals surface area contributed by atoms with E-state index in [2.05, 4.69) is 56.4 Å². The molecule has 0 aliphatic heterocycles. The molecule has 1 nitrogen and oxygen atoms in total. The quantitative estimate of drug-likeness (QED) is 0.690. The summed E-state index contributed by atoms with van der Waals surface area (Å²) in [6.45, 7) is 7.97. The summed E-state index contributed by atoms with van der Waals surface area (Å²) in [5, 5.41) is 3.58. The first-order valence-corrected chi connectivity index (χ1v) is 6.46. The van der Waals surface area contributed by atoms with Crippen molar-refractivity contribution in [1.82, 2.24) is 5.32 Å². The summed E-state index contributed by atoms with van der Waals surface area (Å²) in [4.78, 5) is 0. The number of nitrogens with one attached hydrogen (secondary N) is 1. The van der Waals surface area contributed by atoms with E-state index in [1.165, 1.54) is 24.8 Å². The Bertz CT molecular complexity index is 266. The summed E-state index contributed by atoms with van der Waals surface area (Å²) >= 11 is 0. The largest absolute Gasteiger partial charge is 0.314 e. The van der Waals surface area contributed by atoms with Gasteiger partial charge in [-0.2, -0.15) is 0 Å². The van der Waals surface area contributed by atoms with Crippen molar-refractivity contribution < 1.29 is 0 Å². The van der Waals surface area contributed by atoms with Crippen LogP contribution >= 0.6 is 0 Å². The van der Waals surface area contributed by atoms with Crippen LogP contribution in [0.15, 0.2) is 30.3 Å². The van der Waals surface area contributed by atoms with Crippen LogP contribution in [0.3, 0.4) is 0 Å². The van der Waals surface area contributed by atoms with E-state index in [1.807, 2.05) is 0 Å². The van der Waals surface area contributed by atoms with Gasteiger partial charge in [-0.25, -0.2) is 0 Å². The average molecular weight is 219 g/mol. The highest BCUT2D eigenvalue weighted by atomic mass is 14.9. The molecule has 0 bridgehead atoms. The minimum absolute atomic E-state index is 0.649. The van der Waals surface area contributed by atoms with Crippen molar-refractivity contribution in [3.8, 4) is 0 Å². The smallest absolute Gasteiger partial charge is 0.00411 e. The molecule has 1 heteroatoms. The second kappa shape index (κ2) is 7.45. The number of rotatable bonds is 7. The molecule has 0 aromatic heterocycles. The van der Waals surface area contributed by atoms with E-state index in [0.29, 0.717) is 6.04 Å². The summed E-state index contributed by atoms with van der Waals surface area (Å²) in [5.41, 5.74) is 1.45. The Kier molecular flexibility index (Phi) is 6.17. The molecule has 0 fully saturated rings. The first-order valence-electron chi connectivity index (χ1n) is 6.46. The molecule has 1 rings (SSSR count). The Labute approximate surface area is 100 Å². The highest BCUT2D eigenvalue weighted by Crippen LogP contribution is 2.05. The molecule has 0 spiro atoms. The Hall–Kier alpha value is -0.820. The molecule has 1 N–H and O–H groups in total. The lowest BCUT2D eigenvalue weighted by atomic mass is 10.0. The van der Waals surface area contributed by atoms with Gasteiger partial charge in [-0.15, -0.1) is 0 Å². The predicted octanol–water partition coefficient (Wildman–Crippen LogP) is 3.64. The number of hydrogen-bond acceptors (Lipinski definition) is 1. The van der Waals surface area contributed by atoms with Crippen LogP contribution in [0.2, 0.25) is 0 Å². The molecule has 0 aliphatic rings. The maximum absolute atomic E-state index is 3.58. The highest BCUT2D eigenvalue weighted by molar-refractivity contribution is 5.14. The van der Waals surface area contributed by atoms with Gasteiger partial charge in [0.15, 0.2) is 0 Å². The first kappa shape index (κ1) is 13.2. The van der Waals surface area contributed by atoms with Gasteiger partial charge in [0.1, 0.15) is 0 Å². The van der Waals surface area contributed by atoms with Crippen molar-refractivity contribution in [2.45, 2.75) is 46.1 Å². The number of hydrogen-bond donors (Lipinski definition) is 1. The Balaban J connectivity index is 2.08. The standard InChI is InChI=1S/C15H25N/c1-13(2)12-14(3)16-11-7-10-15-8-5-4-6-9-15/h4-6,8-9,13-14,16H,7,10-12H2,1-3H3. The van der Waals surface area contributed by atoms with Crippen molar-refractivity contribution in [2.75, 3.05) is 6.54 Å². The lowest BCUT2D eigenvalue weighted by Crippen LogP contribution is -2.28. The normalized spacial score (nSPS) is 13.0. The van der Waals surface area contributed by atoms with Gasteiger partial charge in [0.2, 0.25) is 0 Å². The molecule has 0 heterocycles. The topological polar surface area (TPSA) is 12.0 Å². The van der Waals surface area contributed by atoms with Crippen LogP contribution in [0.1, 0.15) is 39.2 Å². The van der Waals surface area contributed by atoms with Crippen LogP contribution in [0.4, 0.5) is 0 Å².